The number of likely N-dealkylation sites (N-methyl/N-ethyl adjacent to an activating group) is 1. The molecule has 1 aliphatic rings. The number of nitrogens with zero attached hydrogens (tertiary/aromatic N) is 1. The molecule has 0 radical (unpaired) electrons. The van der Waals surface area contributed by atoms with Crippen molar-refractivity contribution in [3.63, 3.8) is 0 Å². The molecule has 2 unspecified atom stereocenters. The molecule has 1 saturated heterocycles. The second-order valence-electron chi connectivity index (χ2n) is 6.38. The van der Waals surface area contributed by atoms with Crippen LogP contribution in [-0.2, 0) is 9.22 Å². The van der Waals surface area contributed by atoms with Crippen LogP contribution in [0.4, 0.5) is 0 Å². The second kappa shape index (κ2) is 4.59. The molecular weight excluding hydrogens is 218 g/mol. The number of rotatable bonds is 3. The van der Waals surface area contributed by atoms with E-state index in [1.54, 1.807) is 0 Å². The van der Waals surface area contributed by atoms with Crippen molar-refractivity contribution in [3.8, 4) is 0 Å². The summed E-state index contributed by atoms with van der Waals surface area (Å²) in [6.45, 7) is 12.2. The smallest absolute Gasteiger partial charge is 0.192 e. The zero-order valence-electron chi connectivity index (χ0n) is 11.4. The van der Waals surface area contributed by atoms with E-state index in [2.05, 4.69) is 38.8 Å². The number of carbonyl (C=O) groups excluding carboxylic acids is 1. The maximum atomic E-state index is 10.8. The average Bonchev–Trinajstić information content (AvgIpc) is 2.43. The summed E-state index contributed by atoms with van der Waals surface area (Å²) >= 11 is 0. The summed E-state index contributed by atoms with van der Waals surface area (Å²) in [6.07, 6.45) is 2.13. The van der Waals surface area contributed by atoms with Crippen molar-refractivity contribution in [1.29, 1.82) is 0 Å². The Balaban J connectivity index is 2.60. The summed E-state index contributed by atoms with van der Waals surface area (Å²) < 4.78 is 6.30. The Bertz CT molecular complexity index is 260. The molecule has 1 heterocycles. The zero-order chi connectivity index (χ0) is 12.6. The molecule has 16 heavy (non-hydrogen) atoms. The maximum Gasteiger partial charge on any atom is 0.192 e. The molecule has 3 nitrogen and oxygen atoms in total. The Morgan fingerprint density at radius 1 is 1.38 bits per heavy atom. The molecule has 0 aromatic rings. The summed E-state index contributed by atoms with van der Waals surface area (Å²) in [5, 5.41) is 0.241. The molecule has 0 N–H and O–H groups in total. The van der Waals surface area contributed by atoms with Gasteiger partial charge in [0.25, 0.3) is 0 Å². The van der Waals surface area contributed by atoms with Crippen molar-refractivity contribution in [2.45, 2.75) is 57.5 Å². The molecule has 0 aromatic carbocycles. The second-order valence-corrected chi connectivity index (χ2v) is 11.1. The molecule has 0 amide bonds. The van der Waals surface area contributed by atoms with Gasteiger partial charge in [0.05, 0.1) is 12.1 Å². The molecule has 1 rings (SSSR count). The van der Waals surface area contributed by atoms with Gasteiger partial charge >= 0.3 is 0 Å². The number of hydrogen-bond donors (Lipinski definition) is 0. The molecule has 94 valence electrons. The van der Waals surface area contributed by atoms with Crippen molar-refractivity contribution in [1.82, 2.24) is 4.90 Å². The first-order valence-electron chi connectivity index (χ1n) is 6.01. The van der Waals surface area contributed by atoms with Crippen LogP contribution in [0.25, 0.3) is 0 Å². The lowest BCUT2D eigenvalue weighted by molar-refractivity contribution is -0.111. The predicted molar refractivity (Wildman–Crippen MR) is 69.2 cm³/mol. The van der Waals surface area contributed by atoms with E-state index in [9.17, 15) is 4.79 Å². The first-order chi connectivity index (χ1) is 7.17. The lowest BCUT2D eigenvalue weighted by Gasteiger charge is -2.38. The molecule has 4 heteroatoms. The summed E-state index contributed by atoms with van der Waals surface area (Å²) in [5.41, 5.74) is 0. The number of likely N-dealkylation sites (tertiary alicyclic amines) is 1. The Labute approximate surface area is 100 Å². The highest BCUT2D eigenvalue weighted by atomic mass is 28.4. The van der Waals surface area contributed by atoms with Crippen LogP contribution < -0.4 is 0 Å². The van der Waals surface area contributed by atoms with Gasteiger partial charge < -0.3 is 9.22 Å². The van der Waals surface area contributed by atoms with Gasteiger partial charge in [-0.1, -0.05) is 20.8 Å². The fourth-order valence-corrected chi connectivity index (χ4v) is 3.18. The van der Waals surface area contributed by atoms with E-state index in [-0.39, 0.29) is 17.2 Å². The van der Waals surface area contributed by atoms with E-state index in [0.29, 0.717) is 0 Å². The molecule has 2 atom stereocenters. The first-order valence-corrected chi connectivity index (χ1v) is 8.91. The van der Waals surface area contributed by atoms with E-state index in [1.807, 2.05) is 7.05 Å². The van der Waals surface area contributed by atoms with Gasteiger partial charge in [0, 0.05) is 6.54 Å². The van der Waals surface area contributed by atoms with Gasteiger partial charge in [0.2, 0.25) is 0 Å². The predicted octanol–water partition coefficient (Wildman–Crippen LogP) is 2.28. The summed E-state index contributed by atoms with van der Waals surface area (Å²) in [4.78, 5) is 12.9. The Morgan fingerprint density at radius 3 is 2.31 bits per heavy atom. The van der Waals surface area contributed by atoms with Crippen molar-refractivity contribution >= 4 is 14.6 Å². The highest BCUT2D eigenvalue weighted by Crippen LogP contribution is 2.38. The molecule has 0 bridgehead atoms. The fourth-order valence-electron chi connectivity index (χ4n) is 1.82. The van der Waals surface area contributed by atoms with Gasteiger partial charge in [-0.3, -0.25) is 4.90 Å². The van der Waals surface area contributed by atoms with Gasteiger partial charge in [-0.15, -0.1) is 0 Å². The number of aldehydes is 1. The highest BCUT2D eigenvalue weighted by Gasteiger charge is 2.41. The van der Waals surface area contributed by atoms with Crippen LogP contribution in [-0.4, -0.2) is 45.2 Å². The lowest BCUT2D eigenvalue weighted by atomic mass is 10.2. The molecule has 1 aliphatic heterocycles. The van der Waals surface area contributed by atoms with Gasteiger partial charge in [0.1, 0.15) is 6.29 Å². The third-order valence-corrected chi connectivity index (χ3v) is 8.52. The highest BCUT2D eigenvalue weighted by molar-refractivity contribution is 6.74. The largest absolute Gasteiger partial charge is 0.413 e. The molecule has 0 aliphatic carbocycles. The third kappa shape index (κ3) is 2.93. The number of hydrogen-bond acceptors (Lipinski definition) is 3. The maximum absolute atomic E-state index is 10.8. The SMILES string of the molecule is CN1CC(O[Si](C)(C)C(C)(C)C)CC1C=O. The molecule has 0 spiro atoms. The Hall–Kier alpha value is -0.193. The van der Waals surface area contributed by atoms with Crippen LogP contribution in [0.3, 0.4) is 0 Å². The minimum Gasteiger partial charge on any atom is -0.413 e. The first kappa shape index (κ1) is 13.9. The third-order valence-electron chi connectivity index (χ3n) is 3.99. The Morgan fingerprint density at radius 2 is 1.94 bits per heavy atom. The monoisotopic (exact) mass is 243 g/mol. The molecular formula is C12H25NO2Si. The summed E-state index contributed by atoms with van der Waals surface area (Å²) in [6, 6.07) is 0.0507. The van der Waals surface area contributed by atoms with Gasteiger partial charge in [0.15, 0.2) is 8.32 Å². The lowest BCUT2D eigenvalue weighted by Crippen LogP contribution is -2.44. The molecule has 0 saturated carbocycles. The van der Waals surface area contributed by atoms with E-state index < -0.39 is 8.32 Å². The van der Waals surface area contributed by atoms with E-state index in [0.717, 1.165) is 19.3 Å². The molecule has 1 fully saturated rings. The van der Waals surface area contributed by atoms with Crippen molar-refractivity contribution in [3.05, 3.63) is 0 Å². The fraction of sp³-hybridized carbons (Fsp3) is 0.917. The van der Waals surface area contributed by atoms with Crippen molar-refractivity contribution in [2.75, 3.05) is 13.6 Å². The normalized spacial score (nSPS) is 28.4. The Kier molecular flexibility index (Phi) is 3.98. The quantitative estimate of drug-likeness (QED) is 0.562. The minimum atomic E-state index is -1.68. The van der Waals surface area contributed by atoms with E-state index in [1.165, 1.54) is 0 Å². The van der Waals surface area contributed by atoms with Crippen LogP contribution in [0, 0.1) is 0 Å². The molecule has 0 aromatic heterocycles. The van der Waals surface area contributed by atoms with Crippen LogP contribution in [0.15, 0.2) is 0 Å². The average molecular weight is 243 g/mol. The van der Waals surface area contributed by atoms with Crippen LogP contribution >= 0.6 is 0 Å². The summed E-state index contributed by atoms with van der Waals surface area (Å²) in [5.74, 6) is 0. The van der Waals surface area contributed by atoms with Gasteiger partial charge in [-0.05, 0) is 31.6 Å². The van der Waals surface area contributed by atoms with E-state index in [4.69, 9.17) is 4.43 Å². The van der Waals surface area contributed by atoms with Crippen molar-refractivity contribution < 1.29 is 9.22 Å². The van der Waals surface area contributed by atoms with Gasteiger partial charge in [-0.2, -0.15) is 0 Å². The topological polar surface area (TPSA) is 29.5 Å². The number of carbonyl (C=O) groups is 1. The van der Waals surface area contributed by atoms with Crippen LogP contribution in [0.1, 0.15) is 27.2 Å². The van der Waals surface area contributed by atoms with E-state index >= 15 is 0 Å². The van der Waals surface area contributed by atoms with Crippen molar-refractivity contribution in [2.24, 2.45) is 0 Å². The van der Waals surface area contributed by atoms with Gasteiger partial charge in [-0.25, -0.2) is 0 Å². The van der Waals surface area contributed by atoms with Crippen LogP contribution in [0.5, 0.6) is 0 Å². The zero-order valence-corrected chi connectivity index (χ0v) is 12.4. The van der Waals surface area contributed by atoms with Crippen LogP contribution in [0.2, 0.25) is 18.1 Å². The summed E-state index contributed by atoms with van der Waals surface area (Å²) in [7, 11) is 0.310. The standard InChI is InChI=1S/C12H25NO2Si/c1-12(2,3)16(5,6)15-11-7-10(9-14)13(4)8-11/h9-11H,7-8H2,1-6H3. The minimum absolute atomic E-state index is 0.0507.